The van der Waals surface area contributed by atoms with E-state index in [4.69, 9.17) is 0 Å². The number of carbonyl (C=O) groups is 2. The summed E-state index contributed by atoms with van der Waals surface area (Å²) in [5, 5.41) is 2.86. The normalized spacial score (nSPS) is 20.7. The highest BCUT2D eigenvalue weighted by Gasteiger charge is 2.34. The molecule has 0 unspecified atom stereocenters. The third-order valence-corrected chi connectivity index (χ3v) is 7.33. The van der Waals surface area contributed by atoms with Crippen LogP contribution in [-0.2, 0) is 21.2 Å². The predicted octanol–water partition coefficient (Wildman–Crippen LogP) is 2.59. The smallest absolute Gasteiger partial charge is 0.253 e. The van der Waals surface area contributed by atoms with E-state index in [9.17, 15) is 18.0 Å². The molecule has 1 aromatic heterocycles. The molecule has 1 N–H and O–H groups in total. The van der Waals surface area contributed by atoms with Gasteiger partial charge in [-0.2, -0.15) is 0 Å². The van der Waals surface area contributed by atoms with Crippen LogP contribution < -0.4 is 9.62 Å². The van der Waals surface area contributed by atoms with Crippen molar-refractivity contribution in [2.75, 3.05) is 29.0 Å². The van der Waals surface area contributed by atoms with Crippen molar-refractivity contribution in [3.8, 4) is 0 Å². The fourth-order valence-electron chi connectivity index (χ4n) is 4.64. The molecule has 9 heteroatoms. The van der Waals surface area contributed by atoms with Gasteiger partial charge >= 0.3 is 0 Å². The van der Waals surface area contributed by atoms with Gasteiger partial charge in [-0.1, -0.05) is 6.07 Å². The molecule has 4 rings (SSSR count). The number of sulfonamides is 1. The van der Waals surface area contributed by atoms with Crippen LogP contribution in [0.2, 0.25) is 0 Å². The van der Waals surface area contributed by atoms with E-state index in [2.05, 4.69) is 10.3 Å². The van der Waals surface area contributed by atoms with Crippen molar-refractivity contribution in [3.63, 3.8) is 0 Å². The average Bonchev–Trinajstić information content (AvgIpc) is 3.08. The van der Waals surface area contributed by atoms with Gasteiger partial charge in [0.1, 0.15) is 5.82 Å². The van der Waals surface area contributed by atoms with Gasteiger partial charge in [0.15, 0.2) is 0 Å². The number of carbonyl (C=O) groups excluding carboxylic acids is 2. The number of nitrogens with one attached hydrogen (secondary N) is 1. The number of rotatable bonds is 4. The Morgan fingerprint density at radius 1 is 1.19 bits per heavy atom. The van der Waals surface area contributed by atoms with Crippen molar-refractivity contribution in [1.82, 2.24) is 9.88 Å². The molecule has 1 saturated heterocycles. The van der Waals surface area contributed by atoms with Crippen LogP contribution in [0.5, 0.6) is 0 Å². The van der Waals surface area contributed by atoms with Gasteiger partial charge in [0.05, 0.1) is 17.9 Å². The molecule has 2 aromatic rings. The van der Waals surface area contributed by atoms with E-state index in [0.717, 1.165) is 17.7 Å². The molecule has 0 saturated carbocycles. The van der Waals surface area contributed by atoms with Gasteiger partial charge in [0.25, 0.3) is 5.91 Å². The summed E-state index contributed by atoms with van der Waals surface area (Å²) >= 11 is 0. The summed E-state index contributed by atoms with van der Waals surface area (Å²) in [5.41, 5.74) is 2.83. The van der Waals surface area contributed by atoms with Gasteiger partial charge in [-0.3, -0.25) is 13.9 Å². The highest BCUT2D eigenvalue weighted by molar-refractivity contribution is 7.92. The zero-order valence-corrected chi connectivity index (χ0v) is 19.4. The third kappa shape index (κ3) is 4.48. The number of fused-ring (bicyclic) bond motifs is 1. The lowest BCUT2D eigenvalue weighted by atomic mass is 9.96. The molecule has 1 aromatic carbocycles. The minimum Gasteiger partial charge on any atom is -0.338 e. The lowest BCUT2D eigenvalue weighted by Crippen LogP contribution is -2.43. The number of benzene rings is 1. The number of anilines is 2. The maximum Gasteiger partial charge on any atom is 0.253 e. The molecular formula is C23H28N4O4S. The molecule has 32 heavy (non-hydrogen) atoms. The van der Waals surface area contributed by atoms with Crippen molar-refractivity contribution >= 4 is 33.3 Å². The summed E-state index contributed by atoms with van der Waals surface area (Å²) in [6.07, 6.45) is 3.22. The first-order chi connectivity index (χ1) is 15.1. The molecule has 2 aliphatic rings. The number of likely N-dealkylation sites (tertiary alicyclic amines) is 1. The number of pyridine rings is 1. The third-order valence-electron chi connectivity index (χ3n) is 6.06. The second kappa shape index (κ2) is 8.54. The minimum absolute atomic E-state index is 0.132. The van der Waals surface area contributed by atoms with E-state index in [1.54, 1.807) is 29.2 Å². The van der Waals surface area contributed by atoms with E-state index < -0.39 is 10.0 Å². The van der Waals surface area contributed by atoms with E-state index in [-0.39, 0.29) is 23.8 Å². The highest BCUT2D eigenvalue weighted by Crippen LogP contribution is 2.35. The molecule has 1 fully saturated rings. The molecule has 2 aliphatic heterocycles. The van der Waals surface area contributed by atoms with Crippen molar-refractivity contribution < 1.29 is 18.0 Å². The Morgan fingerprint density at radius 2 is 1.97 bits per heavy atom. The summed E-state index contributed by atoms with van der Waals surface area (Å²) in [7, 11) is -3.38. The Hall–Kier alpha value is -2.94. The quantitative estimate of drug-likeness (QED) is 0.762. The highest BCUT2D eigenvalue weighted by atomic mass is 32.2. The summed E-state index contributed by atoms with van der Waals surface area (Å²) in [6, 6.07) is 10.5. The Balaban J connectivity index is 1.47. The van der Waals surface area contributed by atoms with Crippen molar-refractivity contribution in [2.45, 2.75) is 39.2 Å². The molecular weight excluding hydrogens is 428 g/mol. The number of piperidine rings is 1. The van der Waals surface area contributed by atoms with Crippen molar-refractivity contribution in [3.05, 3.63) is 53.2 Å². The first-order valence-corrected chi connectivity index (χ1v) is 12.6. The molecule has 0 aliphatic carbocycles. The summed E-state index contributed by atoms with van der Waals surface area (Å²) in [5.74, 6) is -0.0524. The van der Waals surface area contributed by atoms with Crippen LogP contribution in [-0.4, -0.2) is 55.5 Å². The number of hydrogen-bond acceptors (Lipinski definition) is 5. The first-order valence-electron chi connectivity index (χ1n) is 10.8. The van der Waals surface area contributed by atoms with Crippen LogP contribution in [0.3, 0.4) is 0 Å². The van der Waals surface area contributed by atoms with Crippen LogP contribution in [0.15, 0.2) is 36.4 Å². The monoisotopic (exact) mass is 456 g/mol. The number of aryl methyl sites for hydroxylation is 1. The summed E-state index contributed by atoms with van der Waals surface area (Å²) < 4.78 is 25.7. The number of amides is 2. The summed E-state index contributed by atoms with van der Waals surface area (Å²) in [4.78, 5) is 32.0. The summed E-state index contributed by atoms with van der Waals surface area (Å²) in [6.45, 7) is 4.66. The van der Waals surface area contributed by atoms with E-state index in [0.29, 0.717) is 43.0 Å². The van der Waals surface area contributed by atoms with Gasteiger partial charge in [0.2, 0.25) is 15.9 Å². The lowest BCUT2D eigenvalue weighted by molar-refractivity contribution is -0.121. The van der Waals surface area contributed by atoms with Gasteiger partial charge in [-0.15, -0.1) is 0 Å². The second-order valence-electron chi connectivity index (χ2n) is 8.70. The Kier molecular flexibility index (Phi) is 5.94. The molecule has 170 valence electrons. The fourth-order valence-corrected chi connectivity index (χ4v) is 5.90. The van der Waals surface area contributed by atoms with Gasteiger partial charge in [-0.25, -0.2) is 13.4 Å². The second-order valence-corrected chi connectivity index (χ2v) is 10.6. The van der Waals surface area contributed by atoms with Gasteiger partial charge in [0, 0.05) is 30.4 Å². The molecule has 0 spiro atoms. The van der Waals surface area contributed by atoms with Gasteiger partial charge < -0.3 is 10.2 Å². The topological polar surface area (TPSA) is 99.7 Å². The lowest BCUT2D eigenvalue weighted by Gasteiger charge is -2.32. The largest absolute Gasteiger partial charge is 0.338 e. The molecule has 0 bridgehead atoms. The van der Waals surface area contributed by atoms with Crippen molar-refractivity contribution in [1.29, 1.82) is 0 Å². The minimum atomic E-state index is -3.38. The van der Waals surface area contributed by atoms with E-state index >= 15 is 0 Å². The number of nitrogens with zero attached hydrogens (tertiary/aromatic N) is 3. The maximum atomic E-state index is 13.2. The van der Waals surface area contributed by atoms with E-state index in [1.165, 1.54) is 10.6 Å². The van der Waals surface area contributed by atoms with Crippen LogP contribution in [0.1, 0.15) is 41.4 Å². The van der Waals surface area contributed by atoms with E-state index in [1.807, 2.05) is 26.0 Å². The Labute approximate surface area is 188 Å². The molecule has 2 atom stereocenters. The number of hydrogen-bond donors (Lipinski definition) is 1. The molecule has 3 heterocycles. The van der Waals surface area contributed by atoms with Crippen LogP contribution in [0.25, 0.3) is 0 Å². The molecule has 0 radical (unpaired) electrons. The maximum absolute atomic E-state index is 13.2. The zero-order chi connectivity index (χ0) is 23.0. The fraction of sp³-hybridized carbons (Fsp3) is 0.435. The van der Waals surface area contributed by atoms with Gasteiger partial charge in [-0.05, 0) is 69.0 Å². The SMILES string of the molecule is Cc1cccc(NC(=O)[C@H]2CCCN(C(=O)c3ccc4c(c3)C[C@H](C)N4S(C)(=O)=O)C2)n1. The van der Waals surface area contributed by atoms with Crippen LogP contribution >= 0.6 is 0 Å². The van der Waals surface area contributed by atoms with Crippen LogP contribution in [0, 0.1) is 12.8 Å². The number of aromatic nitrogens is 1. The molecule has 8 nitrogen and oxygen atoms in total. The van der Waals surface area contributed by atoms with Crippen LogP contribution in [0.4, 0.5) is 11.5 Å². The first kappa shape index (κ1) is 22.3. The Morgan fingerprint density at radius 3 is 2.69 bits per heavy atom. The average molecular weight is 457 g/mol. The zero-order valence-electron chi connectivity index (χ0n) is 18.5. The Bertz CT molecular complexity index is 1160. The standard InChI is InChI=1S/C23H28N4O4S/c1-15-6-4-8-21(24-15)25-22(28)18-7-5-11-26(14-18)23(29)17-9-10-20-19(13-17)12-16(2)27(20)32(3,30)31/h4,6,8-10,13,16,18H,5,7,11-12,14H2,1-3H3,(H,24,25,28)/t16-,18-/m0/s1. The molecule has 2 amide bonds. The van der Waals surface area contributed by atoms with Crippen molar-refractivity contribution in [2.24, 2.45) is 5.92 Å². The predicted molar refractivity (Wildman–Crippen MR) is 123 cm³/mol.